The van der Waals surface area contributed by atoms with Gasteiger partial charge >= 0.3 is 0 Å². The van der Waals surface area contributed by atoms with Gasteiger partial charge in [-0.15, -0.1) is 0 Å². The molecular formula is C25H24F2O4S. The minimum Gasteiger partial charge on any atom is -0.360 e. The minimum absolute atomic E-state index is 0.381. The van der Waals surface area contributed by atoms with Gasteiger partial charge in [0.1, 0.15) is 5.60 Å². The maximum absolute atomic E-state index is 14.5. The van der Waals surface area contributed by atoms with E-state index in [0.29, 0.717) is 0 Å². The van der Waals surface area contributed by atoms with E-state index in [1.54, 1.807) is 0 Å². The van der Waals surface area contributed by atoms with Crippen LogP contribution in [0.15, 0.2) is 91.0 Å². The van der Waals surface area contributed by atoms with E-state index in [1.807, 2.05) is 91.0 Å². The lowest BCUT2D eigenvalue weighted by atomic mass is 9.80. The predicted octanol–water partition coefficient (Wildman–Crippen LogP) is 5.00. The number of halogens is 2. The van der Waals surface area contributed by atoms with Crippen LogP contribution in [0.1, 0.15) is 23.1 Å². The molecule has 0 bridgehead atoms. The van der Waals surface area contributed by atoms with Gasteiger partial charge in [0.25, 0.3) is 16.0 Å². The second-order valence-corrected chi connectivity index (χ2v) is 9.84. The number of rotatable bonds is 9. The Morgan fingerprint density at radius 2 is 1.16 bits per heavy atom. The van der Waals surface area contributed by atoms with Gasteiger partial charge in [-0.25, -0.2) is 8.78 Å². The summed E-state index contributed by atoms with van der Waals surface area (Å²) in [4.78, 5) is 0. The van der Waals surface area contributed by atoms with Gasteiger partial charge in [0.2, 0.25) is 0 Å². The van der Waals surface area contributed by atoms with Gasteiger partial charge in [0.15, 0.2) is 0 Å². The van der Waals surface area contributed by atoms with Gasteiger partial charge in [-0.3, -0.25) is 4.18 Å². The van der Waals surface area contributed by atoms with Crippen molar-refractivity contribution in [3.05, 3.63) is 108 Å². The molecule has 32 heavy (non-hydrogen) atoms. The summed E-state index contributed by atoms with van der Waals surface area (Å²) in [5.41, 5.74) is -0.540. The van der Waals surface area contributed by atoms with Crippen molar-refractivity contribution in [3.8, 4) is 0 Å². The first kappa shape index (κ1) is 22.6. The standard InChI is InChI=1S/C25H24F2O4S/c1-32(28,29)31-19-23(17-24(23,26)27)18-30-25(20-11-5-2-6-12-20,21-13-7-3-8-14-21)22-15-9-4-10-16-22/h2-16H,17-19H2,1H3. The largest absolute Gasteiger partial charge is 0.360 e. The van der Waals surface area contributed by atoms with Crippen LogP contribution in [0.25, 0.3) is 0 Å². The molecule has 0 heterocycles. The molecule has 1 aliphatic rings. The van der Waals surface area contributed by atoms with Crippen LogP contribution in [0, 0.1) is 5.41 Å². The monoisotopic (exact) mass is 458 g/mol. The fourth-order valence-corrected chi connectivity index (χ4v) is 4.41. The summed E-state index contributed by atoms with van der Waals surface area (Å²) in [7, 11) is -3.87. The van der Waals surface area contributed by atoms with Gasteiger partial charge in [-0.2, -0.15) is 8.42 Å². The number of benzene rings is 3. The first-order valence-electron chi connectivity index (χ1n) is 10.2. The highest BCUT2D eigenvalue weighted by molar-refractivity contribution is 7.85. The van der Waals surface area contributed by atoms with E-state index in [4.69, 9.17) is 8.92 Å². The molecule has 3 aromatic carbocycles. The maximum atomic E-state index is 14.5. The van der Waals surface area contributed by atoms with Crippen molar-refractivity contribution in [2.75, 3.05) is 19.5 Å². The topological polar surface area (TPSA) is 52.6 Å². The molecule has 0 amide bonds. The second-order valence-electron chi connectivity index (χ2n) is 8.20. The van der Waals surface area contributed by atoms with Crippen molar-refractivity contribution in [1.82, 2.24) is 0 Å². The number of alkyl halides is 2. The zero-order valence-electron chi connectivity index (χ0n) is 17.6. The lowest BCUT2D eigenvalue weighted by Gasteiger charge is -2.37. The van der Waals surface area contributed by atoms with Crippen LogP contribution >= 0.6 is 0 Å². The summed E-state index contributed by atoms with van der Waals surface area (Å²) in [6, 6.07) is 28.2. The minimum atomic E-state index is -3.87. The maximum Gasteiger partial charge on any atom is 0.264 e. The molecule has 0 aromatic heterocycles. The molecule has 7 heteroatoms. The number of hydrogen-bond donors (Lipinski definition) is 0. The Hall–Kier alpha value is -2.61. The highest BCUT2D eigenvalue weighted by Gasteiger charge is 2.72. The molecule has 4 rings (SSSR count). The van der Waals surface area contributed by atoms with Crippen molar-refractivity contribution in [2.45, 2.75) is 17.9 Å². The molecule has 4 nitrogen and oxygen atoms in total. The molecular weight excluding hydrogens is 434 g/mol. The molecule has 1 unspecified atom stereocenters. The van der Waals surface area contributed by atoms with E-state index in [2.05, 4.69) is 0 Å². The summed E-state index contributed by atoms with van der Waals surface area (Å²) in [6.07, 6.45) is 0.355. The summed E-state index contributed by atoms with van der Waals surface area (Å²) in [5.74, 6) is -3.08. The Bertz CT molecular complexity index is 1060. The Kier molecular flexibility index (Phi) is 5.92. The quantitative estimate of drug-likeness (QED) is 0.335. The molecule has 0 saturated heterocycles. The Labute approximate surface area is 186 Å². The second kappa shape index (κ2) is 8.39. The van der Waals surface area contributed by atoms with Crippen molar-refractivity contribution in [2.24, 2.45) is 5.41 Å². The van der Waals surface area contributed by atoms with Crippen molar-refractivity contribution in [1.29, 1.82) is 0 Å². The van der Waals surface area contributed by atoms with Gasteiger partial charge in [-0.1, -0.05) is 91.0 Å². The molecule has 0 spiro atoms. The van der Waals surface area contributed by atoms with Gasteiger partial charge < -0.3 is 4.74 Å². The zero-order chi connectivity index (χ0) is 22.9. The summed E-state index contributed by atoms with van der Waals surface area (Å²) in [6.45, 7) is -1.01. The number of hydrogen-bond acceptors (Lipinski definition) is 4. The fourth-order valence-electron chi connectivity index (χ4n) is 3.97. The molecule has 1 aliphatic carbocycles. The summed E-state index contributed by atoms with van der Waals surface area (Å²) in [5, 5.41) is 0. The normalized spacial score (nSPS) is 20.1. The lowest BCUT2D eigenvalue weighted by molar-refractivity contribution is -0.0584. The van der Waals surface area contributed by atoms with Gasteiger partial charge in [0.05, 0.1) is 24.9 Å². The highest BCUT2D eigenvalue weighted by Crippen LogP contribution is 2.61. The molecule has 168 valence electrons. The Morgan fingerprint density at radius 1 is 0.781 bits per heavy atom. The first-order chi connectivity index (χ1) is 15.2. The van der Waals surface area contributed by atoms with E-state index in [0.717, 1.165) is 22.9 Å². The van der Waals surface area contributed by atoms with E-state index in [-0.39, 0.29) is 6.61 Å². The molecule has 0 radical (unpaired) electrons. The molecule has 1 saturated carbocycles. The van der Waals surface area contributed by atoms with Crippen LogP contribution in [0.2, 0.25) is 0 Å². The smallest absolute Gasteiger partial charge is 0.264 e. The van der Waals surface area contributed by atoms with Crippen molar-refractivity contribution in [3.63, 3.8) is 0 Å². The average molecular weight is 459 g/mol. The van der Waals surface area contributed by atoms with Crippen molar-refractivity contribution >= 4 is 10.1 Å². The third-order valence-electron chi connectivity index (χ3n) is 5.87. The lowest BCUT2D eigenvalue weighted by Crippen LogP contribution is -2.37. The molecule has 0 aliphatic heterocycles. The van der Waals surface area contributed by atoms with Crippen molar-refractivity contribution < 1.29 is 26.1 Å². The van der Waals surface area contributed by atoms with E-state index in [1.165, 1.54) is 0 Å². The summed E-state index contributed by atoms with van der Waals surface area (Å²) >= 11 is 0. The molecule has 1 atom stereocenters. The zero-order valence-corrected chi connectivity index (χ0v) is 18.4. The predicted molar refractivity (Wildman–Crippen MR) is 118 cm³/mol. The molecule has 3 aromatic rings. The number of ether oxygens (including phenoxy) is 1. The fraction of sp³-hybridized carbons (Fsp3) is 0.280. The van der Waals surface area contributed by atoms with E-state index >= 15 is 0 Å². The SMILES string of the molecule is CS(=O)(=O)OCC1(COC(c2ccccc2)(c2ccccc2)c2ccccc2)CC1(F)F. The Balaban J connectivity index is 1.80. The van der Waals surface area contributed by atoms with Crippen LogP contribution in [0.4, 0.5) is 8.78 Å². The van der Waals surface area contributed by atoms with Crippen LogP contribution < -0.4 is 0 Å². The highest BCUT2D eigenvalue weighted by atomic mass is 32.2. The summed E-state index contributed by atoms with van der Waals surface area (Å²) < 4.78 is 63.1. The molecule has 0 N–H and O–H groups in total. The van der Waals surface area contributed by atoms with Crippen LogP contribution in [0.3, 0.4) is 0 Å². The third kappa shape index (κ3) is 4.33. The average Bonchev–Trinajstić information content (AvgIpc) is 3.35. The third-order valence-corrected chi connectivity index (χ3v) is 6.41. The Morgan fingerprint density at radius 3 is 1.47 bits per heavy atom. The molecule has 1 fully saturated rings. The first-order valence-corrected chi connectivity index (χ1v) is 12.0. The van der Waals surface area contributed by atoms with Crippen LogP contribution in [0.5, 0.6) is 0 Å². The van der Waals surface area contributed by atoms with E-state index in [9.17, 15) is 17.2 Å². The van der Waals surface area contributed by atoms with Crippen LogP contribution in [-0.2, 0) is 24.6 Å². The van der Waals surface area contributed by atoms with Gasteiger partial charge in [-0.05, 0) is 16.7 Å². The van der Waals surface area contributed by atoms with E-state index < -0.39 is 40.1 Å². The van der Waals surface area contributed by atoms with Crippen LogP contribution in [-0.4, -0.2) is 33.8 Å². The van der Waals surface area contributed by atoms with Gasteiger partial charge in [0, 0.05) is 6.42 Å².